The van der Waals surface area contributed by atoms with Gasteiger partial charge in [0.2, 0.25) is 0 Å². The highest BCUT2D eigenvalue weighted by molar-refractivity contribution is 6.13. The third kappa shape index (κ3) is 4.96. The molecule has 1 N–H and O–H groups in total. The summed E-state index contributed by atoms with van der Waals surface area (Å²) in [6.45, 7) is 0. The van der Waals surface area contributed by atoms with E-state index in [2.05, 4.69) is 96.3 Å². The highest BCUT2D eigenvalue weighted by atomic mass is 15.2. The Morgan fingerprint density at radius 3 is 1.74 bits per heavy atom. The van der Waals surface area contributed by atoms with E-state index >= 15 is 0 Å². The van der Waals surface area contributed by atoms with Crippen molar-refractivity contribution >= 4 is 22.4 Å². The van der Waals surface area contributed by atoms with Crippen LogP contribution in [0, 0.1) is 11.3 Å². The van der Waals surface area contributed by atoms with Crippen LogP contribution in [-0.4, -0.2) is 11.7 Å². The minimum atomic E-state index is -0.342. The van der Waals surface area contributed by atoms with Crippen molar-refractivity contribution in [3.05, 3.63) is 168 Å². The van der Waals surface area contributed by atoms with Gasteiger partial charge in [-0.3, -0.25) is 0 Å². The summed E-state index contributed by atoms with van der Waals surface area (Å²) >= 11 is 0. The minimum Gasteiger partial charge on any atom is -0.344 e. The summed E-state index contributed by atoms with van der Waals surface area (Å²) in [5, 5.41) is 15.1. The van der Waals surface area contributed by atoms with Crippen molar-refractivity contribution in [1.29, 1.82) is 5.26 Å². The van der Waals surface area contributed by atoms with Gasteiger partial charge in [-0.1, -0.05) is 121 Å². The van der Waals surface area contributed by atoms with Gasteiger partial charge in [0, 0.05) is 16.7 Å². The summed E-state index contributed by atoms with van der Waals surface area (Å²) in [5.74, 6) is 1.50. The van der Waals surface area contributed by atoms with E-state index in [9.17, 15) is 0 Å². The predicted octanol–water partition coefficient (Wildman–Crippen LogP) is 8.54. The minimum absolute atomic E-state index is 0.342. The standard InChI is InChI=1S/C38H26N4/c39-25-26-15-17-27(18-16-26)28-19-21-29(22-20-28)34-23-32-13-7-8-14-33(32)24-35(34)38-41-36(30-9-3-1-4-10-30)40-37(42-38)31-11-5-2-6-12-31/h1-24,38H,(H,40,41,42). The van der Waals surface area contributed by atoms with Gasteiger partial charge in [-0.15, -0.1) is 0 Å². The molecule has 42 heavy (non-hydrogen) atoms. The Morgan fingerprint density at radius 2 is 1.10 bits per heavy atom. The highest BCUT2D eigenvalue weighted by Gasteiger charge is 2.24. The van der Waals surface area contributed by atoms with Crippen molar-refractivity contribution in [1.82, 2.24) is 5.32 Å². The fourth-order valence-electron chi connectivity index (χ4n) is 5.38. The molecule has 4 heteroatoms. The zero-order valence-corrected chi connectivity index (χ0v) is 22.8. The van der Waals surface area contributed by atoms with Gasteiger partial charge in [0.25, 0.3) is 0 Å². The molecule has 198 valence electrons. The Kier molecular flexibility index (Phi) is 6.60. The van der Waals surface area contributed by atoms with Crippen molar-refractivity contribution in [3.8, 4) is 28.3 Å². The largest absolute Gasteiger partial charge is 0.344 e. The maximum Gasteiger partial charge on any atom is 0.159 e. The van der Waals surface area contributed by atoms with Crippen LogP contribution in [0.25, 0.3) is 33.0 Å². The van der Waals surface area contributed by atoms with E-state index in [4.69, 9.17) is 15.2 Å². The van der Waals surface area contributed by atoms with Crippen LogP contribution >= 0.6 is 0 Å². The molecule has 6 aromatic rings. The average Bonchev–Trinajstić information content (AvgIpc) is 3.08. The Balaban J connectivity index is 1.35. The third-order valence-corrected chi connectivity index (χ3v) is 7.58. The first-order valence-corrected chi connectivity index (χ1v) is 13.9. The summed E-state index contributed by atoms with van der Waals surface area (Å²) in [7, 11) is 0. The summed E-state index contributed by atoms with van der Waals surface area (Å²) in [4.78, 5) is 10.1. The van der Waals surface area contributed by atoms with Crippen LogP contribution < -0.4 is 5.32 Å². The summed E-state index contributed by atoms with van der Waals surface area (Å²) < 4.78 is 0. The van der Waals surface area contributed by atoms with Gasteiger partial charge in [0.05, 0.1) is 11.6 Å². The van der Waals surface area contributed by atoms with Crippen molar-refractivity contribution in [3.63, 3.8) is 0 Å². The Morgan fingerprint density at radius 1 is 0.548 bits per heavy atom. The van der Waals surface area contributed by atoms with Crippen LogP contribution in [0.3, 0.4) is 0 Å². The second-order valence-electron chi connectivity index (χ2n) is 10.2. The first kappa shape index (κ1) is 25.2. The number of fused-ring (bicyclic) bond motifs is 1. The van der Waals surface area contributed by atoms with Crippen LogP contribution in [-0.2, 0) is 0 Å². The molecule has 0 amide bonds. The fourth-order valence-corrected chi connectivity index (χ4v) is 5.38. The van der Waals surface area contributed by atoms with Gasteiger partial charge >= 0.3 is 0 Å². The van der Waals surface area contributed by atoms with Crippen molar-refractivity contribution < 1.29 is 0 Å². The van der Waals surface area contributed by atoms with Gasteiger partial charge in [-0.05, 0) is 57.3 Å². The van der Waals surface area contributed by atoms with E-state index in [1.165, 1.54) is 5.39 Å². The number of hydrogen-bond acceptors (Lipinski definition) is 4. The lowest BCUT2D eigenvalue weighted by Crippen LogP contribution is -2.33. The smallest absolute Gasteiger partial charge is 0.159 e. The number of benzene rings is 6. The third-order valence-electron chi connectivity index (χ3n) is 7.58. The maximum absolute atomic E-state index is 9.16. The molecule has 1 aliphatic heterocycles. The van der Waals surface area contributed by atoms with Crippen molar-refractivity contribution in [2.45, 2.75) is 6.17 Å². The zero-order chi connectivity index (χ0) is 28.3. The van der Waals surface area contributed by atoms with Crippen LogP contribution in [0.2, 0.25) is 0 Å². The average molecular weight is 539 g/mol. The van der Waals surface area contributed by atoms with E-state index < -0.39 is 0 Å². The number of nitrogens with one attached hydrogen (secondary N) is 1. The van der Waals surface area contributed by atoms with Gasteiger partial charge < -0.3 is 5.32 Å². The molecule has 4 nitrogen and oxygen atoms in total. The van der Waals surface area contributed by atoms with Crippen LogP contribution in [0.5, 0.6) is 0 Å². The predicted molar refractivity (Wildman–Crippen MR) is 171 cm³/mol. The van der Waals surface area contributed by atoms with Gasteiger partial charge in [-0.25, -0.2) is 9.98 Å². The van der Waals surface area contributed by atoms with Gasteiger partial charge in [0.15, 0.2) is 5.84 Å². The topological polar surface area (TPSA) is 60.5 Å². The molecule has 1 aliphatic rings. The summed E-state index contributed by atoms with van der Waals surface area (Å²) in [6, 6.07) is 51.8. The molecule has 0 spiro atoms. The van der Waals surface area contributed by atoms with Gasteiger partial charge in [0.1, 0.15) is 12.0 Å². The van der Waals surface area contributed by atoms with E-state index in [1.54, 1.807) is 0 Å². The zero-order valence-electron chi connectivity index (χ0n) is 22.8. The Labute approximate surface area is 245 Å². The summed E-state index contributed by atoms with van der Waals surface area (Å²) in [6.07, 6.45) is -0.342. The van der Waals surface area contributed by atoms with E-state index in [1.807, 2.05) is 60.7 Å². The van der Waals surface area contributed by atoms with Crippen LogP contribution in [0.15, 0.2) is 156 Å². The number of nitrogens with zero attached hydrogens (tertiary/aromatic N) is 3. The first-order chi connectivity index (χ1) is 20.7. The number of aliphatic imine (C=N–C) groups is 2. The molecule has 0 saturated heterocycles. The van der Waals surface area contributed by atoms with E-state index in [-0.39, 0.29) is 6.17 Å². The monoisotopic (exact) mass is 538 g/mol. The lowest BCUT2D eigenvalue weighted by atomic mass is 9.92. The molecule has 0 aromatic heterocycles. The highest BCUT2D eigenvalue weighted by Crippen LogP contribution is 2.36. The van der Waals surface area contributed by atoms with Crippen molar-refractivity contribution in [2.24, 2.45) is 9.98 Å². The second kappa shape index (κ2) is 11.0. The molecular formula is C38H26N4. The fraction of sp³-hybridized carbons (Fsp3) is 0.0263. The molecular weight excluding hydrogens is 512 g/mol. The van der Waals surface area contributed by atoms with Crippen molar-refractivity contribution in [2.75, 3.05) is 0 Å². The summed E-state index contributed by atoms with van der Waals surface area (Å²) in [5.41, 5.74) is 8.13. The number of rotatable bonds is 5. The quantitative estimate of drug-likeness (QED) is 0.239. The molecule has 0 radical (unpaired) electrons. The molecule has 0 bridgehead atoms. The SMILES string of the molecule is N#Cc1ccc(-c2ccc(-c3cc4ccccc4cc3C3N=C(c4ccccc4)N=C(c4ccccc4)N3)cc2)cc1. The van der Waals surface area contributed by atoms with E-state index in [0.717, 1.165) is 50.2 Å². The Bertz CT molecular complexity index is 1980. The molecule has 0 aliphatic carbocycles. The lowest BCUT2D eigenvalue weighted by Gasteiger charge is -2.26. The molecule has 1 atom stereocenters. The molecule has 6 aromatic carbocycles. The maximum atomic E-state index is 9.16. The van der Waals surface area contributed by atoms with Crippen LogP contribution in [0.4, 0.5) is 0 Å². The van der Waals surface area contributed by atoms with Gasteiger partial charge in [-0.2, -0.15) is 5.26 Å². The lowest BCUT2D eigenvalue weighted by molar-refractivity contribution is 0.676. The first-order valence-electron chi connectivity index (χ1n) is 13.9. The molecule has 1 heterocycles. The van der Waals surface area contributed by atoms with E-state index in [0.29, 0.717) is 11.4 Å². The number of hydrogen-bond donors (Lipinski definition) is 1. The number of amidine groups is 2. The molecule has 1 unspecified atom stereocenters. The molecule has 7 rings (SSSR count). The number of nitriles is 1. The molecule has 0 fully saturated rings. The molecule has 0 saturated carbocycles. The second-order valence-corrected chi connectivity index (χ2v) is 10.2. The normalized spacial score (nSPS) is 14.4. The van der Waals surface area contributed by atoms with Crippen LogP contribution in [0.1, 0.15) is 28.4 Å². The Hall–Kier alpha value is -5.79.